The molecule has 1 N–H and O–H groups in total. The van der Waals surface area contributed by atoms with Crippen LogP contribution in [0.1, 0.15) is 18.2 Å². The van der Waals surface area contributed by atoms with Crippen LogP contribution in [0.4, 0.5) is 0 Å². The summed E-state index contributed by atoms with van der Waals surface area (Å²) in [5, 5.41) is 20.1. The van der Waals surface area contributed by atoms with E-state index >= 15 is 0 Å². The van der Waals surface area contributed by atoms with Crippen molar-refractivity contribution in [3.8, 4) is 11.5 Å². The first-order chi connectivity index (χ1) is 10.7. The van der Waals surface area contributed by atoms with Crippen molar-refractivity contribution in [1.29, 1.82) is 0 Å². The van der Waals surface area contributed by atoms with E-state index in [4.69, 9.17) is 4.74 Å². The Balaban J connectivity index is 2.24. The van der Waals surface area contributed by atoms with Crippen LogP contribution in [0.3, 0.4) is 0 Å². The number of benzene rings is 1. The van der Waals surface area contributed by atoms with Crippen molar-refractivity contribution in [2.75, 3.05) is 6.61 Å². The first-order valence-corrected chi connectivity index (χ1v) is 7.82. The molecule has 6 heteroatoms. The standard InChI is InChI=1S/C16H19N3O2S/c1-4-8-19-12(3)11-22-16(19)18-17-10-13-6-7-14(20)15(9-13)21-5-2/h4,6-7,9-11,20H,1,5,8H2,2-3H3/b17-10+,18-16?. The van der Waals surface area contributed by atoms with Gasteiger partial charge in [0.2, 0.25) is 4.80 Å². The number of allylic oxidation sites excluding steroid dienone is 1. The number of aromatic nitrogens is 1. The van der Waals surface area contributed by atoms with Gasteiger partial charge in [-0.2, -0.15) is 5.10 Å². The fraction of sp³-hybridized carbons (Fsp3) is 0.250. The first-order valence-electron chi connectivity index (χ1n) is 6.94. The lowest BCUT2D eigenvalue weighted by Gasteiger charge is -2.05. The molecule has 0 saturated heterocycles. The third kappa shape index (κ3) is 3.85. The molecular formula is C16H19N3O2S. The van der Waals surface area contributed by atoms with Gasteiger partial charge >= 0.3 is 0 Å². The molecule has 1 heterocycles. The number of aromatic hydroxyl groups is 1. The van der Waals surface area contributed by atoms with Gasteiger partial charge in [0.1, 0.15) is 0 Å². The molecule has 2 aromatic rings. The van der Waals surface area contributed by atoms with Gasteiger partial charge in [-0.25, -0.2) is 0 Å². The molecule has 0 atom stereocenters. The molecule has 116 valence electrons. The summed E-state index contributed by atoms with van der Waals surface area (Å²) in [6.45, 7) is 8.84. The number of aryl methyl sites for hydroxylation is 1. The van der Waals surface area contributed by atoms with Gasteiger partial charge in [0.15, 0.2) is 11.5 Å². The van der Waals surface area contributed by atoms with E-state index in [2.05, 4.69) is 16.8 Å². The molecule has 5 nitrogen and oxygen atoms in total. The Morgan fingerprint density at radius 1 is 1.45 bits per heavy atom. The molecule has 0 unspecified atom stereocenters. The minimum absolute atomic E-state index is 0.119. The minimum atomic E-state index is 0.119. The van der Waals surface area contributed by atoms with Gasteiger partial charge in [0.05, 0.1) is 12.8 Å². The summed E-state index contributed by atoms with van der Waals surface area (Å²) in [6.07, 6.45) is 3.46. The van der Waals surface area contributed by atoms with Gasteiger partial charge in [-0.05, 0) is 37.6 Å². The summed E-state index contributed by atoms with van der Waals surface area (Å²) in [7, 11) is 0. The normalized spacial score (nSPS) is 12.0. The van der Waals surface area contributed by atoms with E-state index in [1.807, 2.05) is 29.9 Å². The molecule has 2 rings (SSSR count). The molecule has 0 fully saturated rings. The molecule has 0 saturated carbocycles. The van der Waals surface area contributed by atoms with Crippen molar-refractivity contribution in [1.82, 2.24) is 4.57 Å². The Bertz CT molecular complexity index is 744. The number of hydrogen-bond donors (Lipinski definition) is 1. The van der Waals surface area contributed by atoms with E-state index in [1.54, 1.807) is 24.4 Å². The Morgan fingerprint density at radius 2 is 2.27 bits per heavy atom. The molecule has 0 aliphatic rings. The maximum absolute atomic E-state index is 9.66. The number of rotatable bonds is 6. The largest absolute Gasteiger partial charge is 0.504 e. The summed E-state index contributed by atoms with van der Waals surface area (Å²) < 4.78 is 7.38. The fourth-order valence-corrected chi connectivity index (χ4v) is 2.72. The predicted octanol–water partition coefficient (Wildman–Crippen LogP) is 3.08. The topological polar surface area (TPSA) is 59.1 Å². The van der Waals surface area contributed by atoms with Crippen LogP contribution in [0, 0.1) is 6.92 Å². The number of nitrogens with zero attached hydrogens (tertiary/aromatic N) is 3. The molecule has 1 aromatic heterocycles. The Hall–Kier alpha value is -2.34. The van der Waals surface area contributed by atoms with Gasteiger partial charge in [-0.15, -0.1) is 23.0 Å². The second kappa shape index (κ2) is 7.61. The second-order valence-corrected chi connectivity index (χ2v) is 5.40. The lowest BCUT2D eigenvalue weighted by molar-refractivity contribution is 0.318. The predicted molar refractivity (Wildman–Crippen MR) is 89.7 cm³/mol. The lowest BCUT2D eigenvalue weighted by Crippen LogP contribution is -2.14. The van der Waals surface area contributed by atoms with Crippen molar-refractivity contribution < 1.29 is 9.84 Å². The molecule has 0 amide bonds. The quantitative estimate of drug-likeness (QED) is 0.505. The molecule has 0 spiro atoms. The van der Waals surface area contributed by atoms with Gasteiger partial charge in [0, 0.05) is 17.6 Å². The van der Waals surface area contributed by atoms with Gasteiger partial charge < -0.3 is 14.4 Å². The third-order valence-corrected chi connectivity index (χ3v) is 3.91. The number of phenolic OH excluding ortho intramolecular Hbond substituents is 1. The van der Waals surface area contributed by atoms with Crippen LogP contribution >= 0.6 is 11.3 Å². The van der Waals surface area contributed by atoms with E-state index in [9.17, 15) is 5.11 Å². The van der Waals surface area contributed by atoms with E-state index in [0.29, 0.717) is 18.9 Å². The average molecular weight is 317 g/mol. The van der Waals surface area contributed by atoms with Crippen LogP contribution in [0.5, 0.6) is 11.5 Å². The van der Waals surface area contributed by atoms with Gasteiger partial charge in [-0.1, -0.05) is 6.08 Å². The highest BCUT2D eigenvalue weighted by Crippen LogP contribution is 2.26. The SMILES string of the molecule is C=CCn1c(C)csc1=N/N=C/c1ccc(O)c(OCC)c1. The highest BCUT2D eigenvalue weighted by molar-refractivity contribution is 7.07. The van der Waals surface area contributed by atoms with Crippen molar-refractivity contribution in [2.24, 2.45) is 10.2 Å². The van der Waals surface area contributed by atoms with Crippen LogP contribution in [-0.4, -0.2) is 22.5 Å². The van der Waals surface area contributed by atoms with E-state index in [-0.39, 0.29) is 5.75 Å². The average Bonchev–Trinajstić information content (AvgIpc) is 2.84. The second-order valence-electron chi connectivity index (χ2n) is 4.56. The smallest absolute Gasteiger partial charge is 0.211 e. The summed E-state index contributed by atoms with van der Waals surface area (Å²) in [5.41, 5.74) is 1.94. The van der Waals surface area contributed by atoms with Gasteiger partial charge in [0.25, 0.3) is 0 Å². The molecule has 0 radical (unpaired) electrons. The van der Waals surface area contributed by atoms with Crippen LogP contribution in [0.15, 0.2) is 46.4 Å². The monoisotopic (exact) mass is 317 g/mol. The Labute approximate surface area is 133 Å². The molecule has 1 aromatic carbocycles. The zero-order valence-electron chi connectivity index (χ0n) is 12.7. The summed E-state index contributed by atoms with van der Waals surface area (Å²) in [6, 6.07) is 5.07. The Morgan fingerprint density at radius 3 is 3.00 bits per heavy atom. The van der Waals surface area contributed by atoms with Crippen molar-refractivity contribution in [3.63, 3.8) is 0 Å². The number of ether oxygens (including phenoxy) is 1. The fourth-order valence-electron chi connectivity index (χ4n) is 1.87. The zero-order chi connectivity index (χ0) is 15.9. The number of phenols is 1. The van der Waals surface area contributed by atoms with Crippen LogP contribution < -0.4 is 9.54 Å². The molecule has 0 bridgehead atoms. The van der Waals surface area contributed by atoms with Crippen molar-refractivity contribution >= 4 is 17.6 Å². The van der Waals surface area contributed by atoms with Gasteiger partial charge in [-0.3, -0.25) is 0 Å². The first kappa shape index (κ1) is 16.0. The maximum Gasteiger partial charge on any atom is 0.211 e. The highest BCUT2D eigenvalue weighted by atomic mass is 32.1. The zero-order valence-corrected chi connectivity index (χ0v) is 13.5. The highest BCUT2D eigenvalue weighted by Gasteiger charge is 2.02. The van der Waals surface area contributed by atoms with Crippen LogP contribution in [0.25, 0.3) is 0 Å². The van der Waals surface area contributed by atoms with Crippen LogP contribution in [0.2, 0.25) is 0 Å². The summed E-state index contributed by atoms with van der Waals surface area (Å²) in [4.78, 5) is 0.817. The molecular weight excluding hydrogens is 298 g/mol. The van der Waals surface area contributed by atoms with Crippen molar-refractivity contribution in [3.05, 3.63) is 52.3 Å². The molecule has 22 heavy (non-hydrogen) atoms. The third-order valence-electron chi connectivity index (χ3n) is 2.94. The number of hydrogen-bond acceptors (Lipinski definition) is 5. The van der Waals surface area contributed by atoms with Crippen LogP contribution in [-0.2, 0) is 6.54 Å². The summed E-state index contributed by atoms with van der Waals surface area (Å²) >= 11 is 1.54. The van der Waals surface area contributed by atoms with E-state index < -0.39 is 0 Å². The Kier molecular flexibility index (Phi) is 5.55. The maximum atomic E-state index is 9.66. The molecule has 0 aliphatic carbocycles. The van der Waals surface area contributed by atoms with E-state index in [1.165, 1.54) is 11.3 Å². The number of thiazole rings is 1. The van der Waals surface area contributed by atoms with E-state index in [0.717, 1.165) is 16.1 Å². The lowest BCUT2D eigenvalue weighted by atomic mass is 10.2. The minimum Gasteiger partial charge on any atom is -0.504 e. The molecule has 0 aliphatic heterocycles. The summed E-state index contributed by atoms with van der Waals surface area (Å²) in [5.74, 6) is 0.564. The van der Waals surface area contributed by atoms with Crippen molar-refractivity contribution in [2.45, 2.75) is 20.4 Å².